The monoisotopic (exact) mass is 367 g/mol. The maximum Gasteiger partial charge on any atom is 0.306 e. The van der Waals surface area contributed by atoms with Gasteiger partial charge in [-0.3, -0.25) is 4.79 Å². The molecule has 8 nitrogen and oxygen atoms in total. The molecule has 6 atom stereocenters. The Morgan fingerprint density at radius 2 is 1.96 bits per heavy atom. The summed E-state index contributed by atoms with van der Waals surface area (Å²) in [6, 6.07) is 7.46. The molecular weight excluding hydrogens is 342 g/mol. The quantitative estimate of drug-likeness (QED) is 0.507. The van der Waals surface area contributed by atoms with E-state index in [1.165, 1.54) is 0 Å². The summed E-state index contributed by atoms with van der Waals surface area (Å²) in [5.74, 6) is -0.444. The molecule has 1 aromatic carbocycles. The first-order valence-electron chi connectivity index (χ1n) is 8.79. The van der Waals surface area contributed by atoms with Gasteiger partial charge in [-0.1, -0.05) is 18.2 Å². The van der Waals surface area contributed by atoms with Gasteiger partial charge in [-0.2, -0.15) is 0 Å². The summed E-state index contributed by atoms with van der Waals surface area (Å²) < 4.78 is 10.7. The highest BCUT2D eigenvalue weighted by atomic mass is 16.6. The van der Waals surface area contributed by atoms with Crippen molar-refractivity contribution in [2.24, 2.45) is 0 Å². The first-order valence-corrected chi connectivity index (χ1v) is 8.79. The van der Waals surface area contributed by atoms with E-state index in [2.05, 4.69) is 0 Å². The van der Waals surface area contributed by atoms with Crippen LogP contribution in [-0.4, -0.2) is 76.8 Å². The number of benzene rings is 1. The van der Waals surface area contributed by atoms with Crippen LogP contribution in [0.4, 0.5) is 5.69 Å². The highest BCUT2D eigenvalue weighted by Gasteiger charge is 2.48. The van der Waals surface area contributed by atoms with Crippen molar-refractivity contribution in [2.45, 2.75) is 49.9 Å². The van der Waals surface area contributed by atoms with Gasteiger partial charge in [-0.15, -0.1) is 0 Å². The number of fused-ring (bicyclic) bond motifs is 1. The van der Waals surface area contributed by atoms with Gasteiger partial charge < -0.3 is 34.8 Å². The molecule has 2 aliphatic heterocycles. The third kappa shape index (κ3) is 3.43. The summed E-state index contributed by atoms with van der Waals surface area (Å²) in [6.45, 7) is 1.97. The third-order valence-corrected chi connectivity index (χ3v) is 5.00. The molecule has 4 N–H and O–H groups in total. The zero-order valence-corrected chi connectivity index (χ0v) is 14.6. The highest BCUT2D eigenvalue weighted by Crippen LogP contribution is 2.41. The van der Waals surface area contributed by atoms with Crippen molar-refractivity contribution in [3.8, 4) is 0 Å². The number of rotatable bonds is 5. The molecule has 0 aliphatic carbocycles. The van der Waals surface area contributed by atoms with Crippen LogP contribution in [0.1, 0.15) is 24.8 Å². The summed E-state index contributed by atoms with van der Waals surface area (Å²) >= 11 is 0. The number of esters is 1. The van der Waals surface area contributed by atoms with Gasteiger partial charge in [0.1, 0.15) is 24.4 Å². The first kappa shape index (κ1) is 19.1. The van der Waals surface area contributed by atoms with Crippen molar-refractivity contribution in [3.63, 3.8) is 0 Å². The second-order valence-electron chi connectivity index (χ2n) is 6.64. The second kappa shape index (κ2) is 7.89. The van der Waals surface area contributed by atoms with Gasteiger partial charge in [0, 0.05) is 18.2 Å². The van der Waals surface area contributed by atoms with Gasteiger partial charge >= 0.3 is 5.97 Å². The first-order chi connectivity index (χ1) is 12.5. The SMILES string of the molecule is CCOC(=O)CC1CN([C@@H]2O[C@H](CO)[C@@H](O)[C@H](O)[C@H]2O)c2ccccc21. The number of carbonyl (C=O) groups is 1. The molecule has 8 heteroatoms. The Kier molecular flexibility index (Phi) is 5.79. The van der Waals surface area contributed by atoms with E-state index in [1.807, 2.05) is 24.3 Å². The minimum absolute atomic E-state index is 0.141. The van der Waals surface area contributed by atoms with Gasteiger partial charge in [0.05, 0.1) is 19.6 Å². The number of hydrogen-bond acceptors (Lipinski definition) is 8. The summed E-state index contributed by atoms with van der Waals surface area (Å²) in [6.07, 6.45) is -5.93. The van der Waals surface area contributed by atoms with E-state index < -0.39 is 37.3 Å². The van der Waals surface area contributed by atoms with Gasteiger partial charge in [0.15, 0.2) is 6.23 Å². The zero-order valence-electron chi connectivity index (χ0n) is 14.6. The Labute approximate surface area is 151 Å². The van der Waals surface area contributed by atoms with Crippen LogP contribution in [0, 0.1) is 0 Å². The number of nitrogens with zero attached hydrogens (tertiary/aromatic N) is 1. The van der Waals surface area contributed by atoms with Crippen molar-refractivity contribution in [3.05, 3.63) is 29.8 Å². The molecule has 144 valence electrons. The summed E-state index contributed by atoms with van der Waals surface area (Å²) in [5, 5.41) is 39.8. The van der Waals surface area contributed by atoms with E-state index in [-0.39, 0.29) is 18.3 Å². The molecule has 0 aromatic heterocycles. The van der Waals surface area contributed by atoms with Gasteiger partial charge in [0.2, 0.25) is 0 Å². The average molecular weight is 367 g/mol. The van der Waals surface area contributed by atoms with Crippen molar-refractivity contribution >= 4 is 11.7 Å². The highest BCUT2D eigenvalue weighted by molar-refractivity contribution is 5.73. The Bertz CT molecular complexity index is 638. The summed E-state index contributed by atoms with van der Waals surface area (Å²) in [5.41, 5.74) is 1.71. The van der Waals surface area contributed by atoms with Crippen LogP contribution in [0.15, 0.2) is 24.3 Å². The predicted molar refractivity (Wildman–Crippen MR) is 91.5 cm³/mol. The fourth-order valence-electron chi connectivity index (χ4n) is 3.70. The molecule has 2 aliphatic rings. The molecule has 1 aromatic rings. The number of para-hydroxylation sites is 1. The number of hydrogen-bond donors (Lipinski definition) is 4. The number of anilines is 1. The summed E-state index contributed by atoms with van der Waals surface area (Å²) in [7, 11) is 0. The Hall–Kier alpha value is -1.71. The lowest BCUT2D eigenvalue weighted by Crippen LogP contribution is -2.63. The minimum atomic E-state index is -1.44. The van der Waals surface area contributed by atoms with E-state index in [0.29, 0.717) is 13.2 Å². The van der Waals surface area contributed by atoms with E-state index in [4.69, 9.17) is 9.47 Å². The number of aliphatic hydroxyl groups is 4. The standard InChI is InChI=1S/C18H25NO7/c1-2-25-14(21)7-10-8-19(12-6-4-3-5-11(10)12)18-17(24)16(23)15(22)13(9-20)26-18/h3-6,10,13,15-18,20,22-24H,2,7-9H2,1H3/t10?,13-,15-,16+,17-,18-/m1/s1. The van der Waals surface area contributed by atoms with Crippen LogP contribution < -0.4 is 4.90 Å². The Morgan fingerprint density at radius 1 is 1.23 bits per heavy atom. The largest absolute Gasteiger partial charge is 0.466 e. The fraction of sp³-hybridized carbons (Fsp3) is 0.611. The lowest BCUT2D eigenvalue weighted by atomic mass is 9.97. The van der Waals surface area contributed by atoms with Crippen LogP contribution in [-0.2, 0) is 14.3 Å². The van der Waals surface area contributed by atoms with Crippen LogP contribution >= 0.6 is 0 Å². The normalized spacial score (nSPS) is 33.8. The maximum absolute atomic E-state index is 11.9. The minimum Gasteiger partial charge on any atom is -0.466 e. The van der Waals surface area contributed by atoms with E-state index in [9.17, 15) is 25.2 Å². The molecule has 2 heterocycles. The molecule has 0 radical (unpaired) electrons. The Morgan fingerprint density at radius 3 is 2.65 bits per heavy atom. The molecule has 0 spiro atoms. The lowest BCUT2D eigenvalue weighted by molar-refractivity contribution is -0.228. The topological polar surface area (TPSA) is 120 Å². The fourth-order valence-corrected chi connectivity index (χ4v) is 3.70. The van der Waals surface area contributed by atoms with Crippen molar-refractivity contribution < 1.29 is 34.7 Å². The molecule has 0 saturated carbocycles. The molecule has 1 unspecified atom stereocenters. The molecule has 26 heavy (non-hydrogen) atoms. The average Bonchev–Trinajstić information content (AvgIpc) is 2.99. The van der Waals surface area contributed by atoms with Crippen molar-refractivity contribution in [2.75, 3.05) is 24.7 Å². The molecule has 0 bridgehead atoms. The van der Waals surface area contributed by atoms with Crippen molar-refractivity contribution in [1.29, 1.82) is 0 Å². The van der Waals surface area contributed by atoms with E-state index >= 15 is 0 Å². The van der Waals surface area contributed by atoms with Crippen LogP contribution in [0.2, 0.25) is 0 Å². The Balaban J connectivity index is 1.85. The van der Waals surface area contributed by atoms with Gasteiger partial charge in [-0.05, 0) is 18.6 Å². The van der Waals surface area contributed by atoms with Gasteiger partial charge in [-0.25, -0.2) is 0 Å². The molecule has 0 amide bonds. The predicted octanol–water partition coefficient (Wildman–Crippen LogP) is -0.657. The number of carbonyl (C=O) groups excluding carboxylic acids is 1. The van der Waals surface area contributed by atoms with E-state index in [0.717, 1.165) is 11.3 Å². The maximum atomic E-state index is 11.9. The zero-order chi connectivity index (χ0) is 18.8. The molecule has 1 fully saturated rings. The van der Waals surface area contributed by atoms with Crippen LogP contribution in [0.5, 0.6) is 0 Å². The summed E-state index contributed by atoms with van der Waals surface area (Å²) in [4.78, 5) is 13.7. The smallest absolute Gasteiger partial charge is 0.306 e. The van der Waals surface area contributed by atoms with Crippen LogP contribution in [0.25, 0.3) is 0 Å². The molecule has 3 rings (SSSR count). The third-order valence-electron chi connectivity index (χ3n) is 5.00. The van der Waals surface area contributed by atoms with Crippen molar-refractivity contribution in [1.82, 2.24) is 0 Å². The van der Waals surface area contributed by atoms with Gasteiger partial charge in [0.25, 0.3) is 0 Å². The molecule has 1 saturated heterocycles. The second-order valence-corrected chi connectivity index (χ2v) is 6.64. The lowest BCUT2D eigenvalue weighted by Gasteiger charge is -2.44. The van der Waals surface area contributed by atoms with Crippen LogP contribution in [0.3, 0.4) is 0 Å². The number of ether oxygens (including phenoxy) is 2. The molecular formula is C18H25NO7. The number of aliphatic hydroxyl groups excluding tert-OH is 4. The van der Waals surface area contributed by atoms with E-state index in [1.54, 1.807) is 11.8 Å².